The van der Waals surface area contributed by atoms with Crippen molar-refractivity contribution in [1.82, 2.24) is 0 Å². The molecule has 1 aliphatic heterocycles. The first kappa shape index (κ1) is 8.80. The van der Waals surface area contributed by atoms with Crippen molar-refractivity contribution in [2.75, 3.05) is 11.4 Å². The molecule has 0 radical (unpaired) electrons. The molecule has 0 spiro atoms. The van der Waals surface area contributed by atoms with Gasteiger partial charge in [-0.05, 0) is 42.7 Å². The molecule has 16 heavy (non-hydrogen) atoms. The summed E-state index contributed by atoms with van der Waals surface area (Å²) >= 11 is 0. The van der Waals surface area contributed by atoms with E-state index in [0.29, 0.717) is 11.8 Å². The summed E-state index contributed by atoms with van der Waals surface area (Å²) in [7, 11) is 0. The van der Waals surface area contributed by atoms with Crippen LogP contribution in [0.25, 0.3) is 0 Å². The Morgan fingerprint density at radius 1 is 1.25 bits per heavy atom. The molecule has 2 aliphatic carbocycles. The number of carbonyl (C=O) groups is 1. The van der Waals surface area contributed by atoms with E-state index in [1.54, 1.807) is 0 Å². The fourth-order valence-corrected chi connectivity index (χ4v) is 2.97. The number of anilines is 1. The zero-order valence-electron chi connectivity index (χ0n) is 9.23. The van der Waals surface area contributed by atoms with Crippen LogP contribution in [0.3, 0.4) is 0 Å². The minimum Gasteiger partial charge on any atom is -0.312 e. The highest BCUT2D eigenvalue weighted by Gasteiger charge is 2.47. The molecule has 1 amide bonds. The van der Waals surface area contributed by atoms with Gasteiger partial charge in [-0.15, -0.1) is 0 Å². The normalized spacial score (nSPS) is 30.6. The Bertz CT molecular complexity index is 464. The molecule has 2 heteroatoms. The summed E-state index contributed by atoms with van der Waals surface area (Å²) in [6, 6.07) is 8.46. The standard InChI is InChI=1S/C14H15NO/c16-14(9-5-6-9)15-8-10-7-12(10)11-3-1-2-4-13(11)15/h1-4,9-10,12H,5-8H2. The van der Waals surface area contributed by atoms with Gasteiger partial charge in [0.1, 0.15) is 0 Å². The Labute approximate surface area is 95.3 Å². The van der Waals surface area contributed by atoms with E-state index in [-0.39, 0.29) is 0 Å². The molecule has 1 aromatic carbocycles. The quantitative estimate of drug-likeness (QED) is 0.702. The van der Waals surface area contributed by atoms with Crippen LogP contribution >= 0.6 is 0 Å². The monoisotopic (exact) mass is 213 g/mol. The Kier molecular flexibility index (Phi) is 1.58. The van der Waals surface area contributed by atoms with Crippen LogP contribution < -0.4 is 4.90 Å². The van der Waals surface area contributed by atoms with Crippen LogP contribution in [0.4, 0.5) is 5.69 Å². The van der Waals surface area contributed by atoms with Gasteiger partial charge in [0, 0.05) is 18.2 Å². The number of rotatable bonds is 1. The first-order chi connectivity index (χ1) is 7.84. The Balaban J connectivity index is 1.76. The number of hydrogen-bond donors (Lipinski definition) is 0. The van der Waals surface area contributed by atoms with E-state index in [2.05, 4.69) is 29.2 Å². The van der Waals surface area contributed by atoms with E-state index in [0.717, 1.165) is 31.2 Å². The van der Waals surface area contributed by atoms with E-state index in [1.807, 2.05) is 0 Å². The summed E-state index contributed by atoms with van der Waals surface area (Å²) in [4.78, 5) is 14.3. The van der Waals surface area contributed by atoms with Crippen LogP contribution in [-0.4, -0.2) is 12.5 Å². The lowest BCUT2D eigenvalue weighted by Gasteiger charge is -2.29. The highest BCUT2D eigenvalue weighted by Crippen LogP contribution is 2.55. The molecule has 82 valence electrons. The van der Waals surface area contributed by atoms with Gasteiger partial charge in [-0.2, -0.15) is 0 Å². The summed E-state index contributed by atoms with van der Waals surface area (Å²) in [6.45, 7) is 0.969. The van der Waals surface area contributed by atoms with Crippen molar-refractivity contribution in [1.29, 1.82) is 0 Å². The van der Waals surface area contributed by atoms with Crippen molar-refractivity contribution in [3.05, 3.63) is 29.8 Å². The molecule has 0 N–H and O–H groups in total. The van der Waals surface area contributed by atoms with Crippen LogP contribution in [0.15, 0.2) is 24.3 Å². The first-order valence-corrected chi connectivity index (χ1v) is 6.25. The smallest absolute Gasteiger partial charge is 0.230 e. The summed E-state index contributed by atoms with van der Waals surface area (Å²) in [6.07, 6.45) is 3.49. The van der Waals surface area contributed by atoms with Crippen molar-refractivity contribution >= 4 is 11.6 Å². The molecule has 4 rings (SSSR count). The van der Waals surface area contributed by atoms with Crippen LogP contribution in [0.2, 0.25) is 0 Å². The molecule has 0 saturated heterocycles. The third-order valence-electron chi connectivity index (χ3n) is 4.16. The topological polar surface area (TPSA) is 20.3 Å². The van der Waals surface area contributed by atoms with Crippen molar-refractivity contribution < 1.29 is 4.79 Å². The second-order valence-electron chi connectivity index (χ2n) is 5.38. The molecule has 3 aliphatic rings. The zero-order chi connectivity index (χ0) is 10.7. The highest BCUT2D eigenvalue weighted by atomic mass is 16.2. The predicted molar refractivity (Wildman–Crippen MR) is 62.4 cm³/mol. The minimum absolute atomic E-state index is 0.336. The number of nitrogens with zero attached hydrogens (tertiary/aromatic N) is 1. The lowest BCUT2D eigenvalue weighted by atomic mass is 10.0. The average Bonchev–Trinajstić information content (AvgIpc) is 3.18. The third kappa shape index (κ3) is 1.16. The summed E-state index contributed by atoms with van der Waals surface area (Å²) in [5.41, 5.74) is 2.60. The van der Waals surface area contributed by atoms with Crippen molar-refractivity contribution in [3.8, 4) is 0 Å². The molecule has 0 aromatic heterocycles. The molecular weight excluding hydrogens is 198 g/mol. The van der Waals surface area contributed by atoms with Gasteiger partial charge in [-0.1, -0.05) is 18.2 Å². The molecule has 0 bridgehead atoms. The maximum absolute atomic E-state index is 12.2. The second-order valence-corrected chi connectivity index (χ2v) is 5.38. The van der Waals surface area contributed by atoms with E-state index in [1.165, 1.54) is 17.7 Å². The summed E-state index contributed by atoms with van der Waals surface area (Å²) in [5, 5.41) is 0. The molecular formula is C14H15NO. The molecule has 1 aromatic rings. The lowest BCUT2D eigenvalue weighted by molar-refractivity contribution is -0.119. The predicted octanol–water partition coefficient (Wildman–Crippen LogP) is 2.55. The zero-order valence-corrected chi connectivity index (χ0v) is 9.23. The van der Waals surface area contributed by atoms with Crippen LogP contribution in [0.5, 0.6) is 0 Å². The molecule has 2 atom stereocenters. The highest BCUT2D eigenvalue weighted by molar-refractivity contribution is 5.98. The number of fused-ring (bicyclic) bond motifs is 3. The Morgan fingerprint density at radius 2 is 2.06 bits per heavy atom. The van der Waals surface area contributed by atoms with Crippen molar-refractivity contribution in [2.45, 2.75) is 25.2 Å². The van der Waals surface area contributed by atoms with Gasteiger partial charge in [0.05, 0.1) is 0 Å². The number of hydrogen-bond acceptors (Lipinski definition) is 1. The van der Waals surface area contributed by atoms with Crippen LogP contribution in [0.1, 0.15) is 30.7 Å². The lowest BCUT2D eigenvalue weighted by Crippen LogP contribution is -2.36. The van der Waals surface area contributed by atoms with Gasteiger partial charge in [0.15, 0.2) is 0 Å². The second kappa shape index (κ2) is 2.88. The largest absolute Gasteiger partial charge is 0.312 e. The van der Waals surface area contributed by atoms with Gasteiger partial charge in [-0.3, -0.25) is 4.79 Å². The fraction of sp³-hybridized carbons (Fsp3) is 0.500. The molecule has 2 nitrogen and oxygen atoms in total. The van der Waals surface area contributed by atoms with E-state index < -0.39 is 0 Å². The van der Waals surface area contributed by atoms with E-state index in [4.69, 9.17) is 0 Å². The third-order valence-corrected chi connectivity index (χ3v) is 4.16. The van der Waals surface area contributed by atoms with Gasteiger partial charge >= 0.3 is 0 Å². The van der Waals surface area contributed by atoms with E-state index in [9.17, 15) is 4.79 Å². The van der Waals surface area contributed by atoms with Crippen LogP contribution in [-0.2, 0) is 4.79 Å². The molecule has 2 unspecified atom stereocenters. The Hall–Kier alpha value is -1.31. The van der Waals surface area contributed by atoms with Crippen molar-refractivity contribution in [2.24, 2.45) is 11.8 Å². The summed E-state index contributed by atoms with van der Waals surface area (Å²) in [5.74, 6) is 2.21. The van der Waals surface area contributed by atoms with Gasteiger partial charge < -0.3 is 4.90 Å². The van der Waals surface area contributed by atoms with Crippen molar-refractivity contribution in [3.63, 3.8) is 0 Å². The number of para-hydroxylation sites is 1. The number of carbonyl (C=O) groups excluding carboxylic acids is 1. The molecule has 1 heterocycles. The molecule has 2 saturated carbocycles. The molecule has 2 fully saturated rings. The average molecular weight is 213 g/mol. The minimum atomic E-state index is 0.336. The Morgan fingerprint density at radius 3 is 2.88 bits per heavy atom. The van der Waals surface area contributed by atoms with Gasteiger partial charge in [-0.25, -0.2) is 0 Å². The van der Waals surface area contributed by atoms with Gasteiger partial charge in [0.25, 0.3) is 0 Å². The SMILES string of the molecule is O=C(C1CC1)N1CC2CC2c2ccccc21. The maximum atomic E-state index is 12.2. The van der Waals surface area contributed by atoms with E-state index >= 15 is 0 Å². The van der Waals surface area contributed by atoms with Gasteiger partial charge in [0.2, 0.25) is 5.91 Å². The number of amides is 1. The summed E-state index contributed by atoms with van der Waals surface area (Å²) < 4.78 is 0. The first-order valence-electron chi connectivity index (χ1n) is 6.25. The fourth-order valence-electron chi connectivity index (χ4n) is 2.97. The number of benzene rings is 1. The maximum Gasteiger partial charge on any atom is 0.230 e. The van der Waals surface area contributed by atoms with Crippen LogP contribution in [0, 0.1) is 11.8 Å².